The zero-order chi connectivity index (χ0) is 8.85. The van der Waals surface area contributed by atoms with Crippen LogP contribution >= 0.6 is 0 Å². The molecule has 0 aliphatic rings. The van der Waals surface area contributed by atoms with Crippen molar-refractivity contribution in [3.8, 4) is 0 Å². The molecule has 0 heterocycles. The van der Waals surface area contributed by atoms with Gasteiger partial charge in [0.25, 0.3) is 0 Å². The number of nitrogens with one attached hydrogen (secondary N) is 1. The van der Waals surface area contributed by atoms with Crippen molar-refractivity contribution in [2.75, 3.05) is 6.54 Å². The van der Waals surface area contributed by atoms with Gasteiger partial charge in [-0.1, -0.05) is 6.92 Å². The second-order valence-electron chi connectivity index (χ2n) is 3.08. The van der Waals surface area contributed by atoms with Gasteiger partial charge in [0, 0.05) is 19.0 Å². The first-order chi connectivity index (χ1) is 5.13. The molecule has 11 heavy (non-hydrogen) atoms. The molecule has 0 unspecified atom stereocenters. The molecular formula is C9H20N2. The van der Waals surface area contributed by atoms with Gasteiger partial charge < -0.3 is 4.90 Å². The van der Waals surface area contributed by atoms with Crippen molar-refractivity contribution in [1.29, 1.82) is 5.41 Å². The molecule has 0 amide bonds. The van der Waals surface area contributed by atoms with E-state index >= 15 is 0 Å². The summed E-state index contributed by atoms with van der Waals surface area (Å²) in [7, 11) is 0. The molecule has 1 N–H and O–H groups in total. The molecule has 2 heteroatoms. The van der Waals surface area contributed by atoms with Gasteiger partial charge in [-0.25, -0.2) is 0 Å². The summed E-state index contributed by atoms with van der Waals surface area (Å²) in [5.41, 5.74) is 0. The molecule has 0 atom stereocenters. The molecule has 0 spiro atoms. The van der Waals surface area contributed by atoms with Gasteiger partial charge in [0.1, 0.15) is 0 Å². The van der Waals surface area contributed by atoms with E-state index in [0.717, 1.165) is 25.2 Å². The van der Waals surface area contributed by atoms with Gasteiger partial charge in [0.05, 0.1) is 5.84 Å². The van der Waals surface area contributed by atoms with Gasteiger partial charge >= 0.3 is 0 Å². The van der Waals surface area contributed by atoms with Crippen LogP contribution in [0.25, 0.3) is 0 Å². The zero-order valence-electron chi connectivity index (χ0n) is 8.15. The molecule has 0 saturated heterocycles. The van der Waals surface area contributed by atoms with Gasteiger partial charge in [0.2, 0.25) is 0 Å². The Labute approximate surface area is 70.1 Å². The van der Waals surface area contributed by atoms with Crippen LogP contribution in [-0.2, 0) is 0 Å². The van der Waals surface area contributed by atoms with Crippen molar-refractivity contribution in [1.82, 2.24) is 4.90 Å². The van der Waals surface area contributed by atoms with E-state index in [1.165, 1.54) is 0 Å². The molecule has 0 aliphatic carbocycles. The van der Waals surface area contributed by atoms with Crippen LogP contribution in [0.15, 0.2) is 0 Å². The van der Waals surface area contributed by atoms with E-state index < -0.39 is 0 Å². The quantitative estimate of drug-likeness (QED) is 0.491. The minimum atomic E-state index is 0.471. The Bertz CT molecular complexity index is 119. The fourth-order valence-corrected chi connectivity index (χ4v) is 1.25. The van der Waals surface area contributed by atoms with Gasteiger partial charge in [-0.3, -0.25) is 5.41 Å². The Balaban J connectivity index is 3.92. The van der Waals surface area contributed by atoms with Crippen LogP contribution in [0.5, 0.6) is 0 Å². The fourth-order valence-electron chi connectivity index (χ4n) is 1.25. The summed E-state index contributed by atoms with van der Waals surface area (Å²) in [4.78, 5) is 2.13. The highest BCUT2D eigenvalue weighted by molar-refractivity contribution is 5.79. The number of nitrogens with zero attached hydrogens (tertiary/aromatic N) is 1. The smallest absolute Gasteiger partial charge is 0.0959 e. The summed E-state index contributed by atoms with van der Waals surface area (Å²) in [6.45, 7) is 9.44. The SMILES string of the molecule is CCCC(=N)N(CC)C(C)C. The van der Waals surface area contributed by atoms with E-state index in [2.05, 4.69) is 32.6 Å². The zero-order valence-corrected chi connectivity index (χ0v) is 8.15. The molecule has 66 valence electrons. The van der Waals surface area contributed by atoms with E-state index in [4.69, 9.17) is 5.41 Å². The van der Waals surface area contributed by atoms with E-state index in [0.29, 0.717) is 6.04 Å². The maximum Gasteiger partial charge on any atom is 0.0959 e. The average Bonchev–Trinajstić information content (AvgIpc) is 1.88. The molecule has 0 aromatic rings. The predicted octanol–water partition coefficient (Wildman–Crippen LogP) is 2.49. The van der Waals surface area contributed by atoms with Gasteiger partial charge in [-0.05, 0) is 27.2 Å². The Morgan fingerprint density at radius 3 is 2.18 bits per heavy atom. The Morgan fingerprint density at radius 1 is 1.36 bits per heavy atom. The molecule has 0 fully saturated rings. The summed E-state index contributed by atoms with van der Waals surface area (Å²) in [5.74, 6) is 0.782. The molecule has 0 radical (unpaired) electrons. The Hall–Kier alpha value is -0.530. The topological polar surface area (TPSA) is 27.1 Å². The highest BCUT2D eigenvalue weighted by Gasteiger charge is 2.09. The third-order valence-electron chi connectivity index (χ3n) is 1.80. The first kappa shape index (κ1) is 10.5. The first-order valence-electron chi connectivity index (χ1n) is 4.47. The van der Waals surface area contributed by atoms with E-state index in [1.807, 2.05) is 0 Å². The molecular weight excluding hydrogens is 136 g/mol. The van der Waals surface area contributed by atoms with Gasteiger partial charge in [0.15, 0.2) is 0 Å². The third kappa shape index (κ3) is 3.40. The van der Waals surface area contributed by atoms with Crippen LogP contribution in [0, 0.1) is 5.41 Å². The molecule has 0 rings (SSSR count). The lowest BCUT2D eigenvalue weighted by Gasteiger charge is -2.27. The molecule has 0 bridgehead atoms. The highest BCUT2D eigenvalue weighted by Crippen LogP contribution is 2.02. The summed E-state index contributed by atoms with van der Waals surface area (Å²) in [6, 6.07) is 0.471. The van der Waals surface area contributed by atoms with Gasteiger partial charge in [-0.15, -0.1) is 0 Å². The number of amidine groups is 1. The summed E-state index contributed by atoms with van der Waals surface area (Å²) < 4.78 is 0. The minimum absolute atomic E-state index is 0.471. The van der Waals surface area contributed by atoms with Crippen LogP contribution < -0.4 is 0 Å². The average molecular weight is 156 g/mol. The lowest BCUT2D eigenvalue weighted by Crippen LogP contribution is -2.35. The highest BCUT2D eigenvalue weighted by atomic mass is 15.2. The molecule has 0 saturated carbocycles. The molecule has 0 aromatic carbocycles. The van der Waals surface area contributed by atoms with Gasteiger partial charge in [-0.2, -0.15) is 0 Å². The summed E-state index contributed by atoms with van der Waals surface area (Å²) >= 11 is 0. The standard InChI is InChI=1S/C9H20N2/c1-5-7-9(10)11(6-2)8(3)4/h8,10H,5-7H2,1-4H3. The normalized spacial score (nSPS) is 10.3. The lowest BCUT2D eigenvalue weighted by atomic mass is 10.2. The summed E-state index contributed by atoms with van der Waals surface area (Å²) in [6.07, 6.45) is 1.98. The van der Waals surface area contributed by atoms with Crippen molar-refractivity contribution in [3.05, 3.63) is 0 Å². The Morgan fingerprint density at radius 2 is 1.91 bits per heavy atom. The first-order valence-corrected chi connectivity index (χ1v) is 4.47. The largest absolute Gasteiger partial charge is 0.358 e. The maximum atomic E-state index is 7.70. The van der Waals surface area contributed by atoms with E-state index in [1.54, 1.807) is 0 Å². The van der Waals surface area contributed by atoms with Crippen molar-refractivity contribution in [3.63, 3.8) is 0 Å². The number of hydrogen-bond donors (Lipinski definition) is 1. The van der Waals surface area contributed by atoms with Crippen molar-refractivity contribution >= 4 is 5.84 Å². The van der Waals surface area contributed by atoms with E-state index in [-0.39, 0.29) is 0 Å². The second kappa shape index (κ2) is 5.16. The van der Waals surface area contributed by atoms with Crippen LogP contribution in [-0.4, -0.2) is 23.3 Å². The van der Waals surface area contributed by atoms with Crippen molar-refractivity contribution in [2.24, 2.45) is 0 Å². The van der Waals surface area contributed by atoms with E-state index in [9.17, 15) is 0 Å². The lowest BCUT2D eigenvalue weighted by molar-refractivity contribution is 0.356. The Kier molecular flexibility index (Phi) is 4.92. The molecule has 0 aliphatic heterocycles. The molecule has 0 aromatic heterocycles. The molecule has 2 nitrogen and oxygen atoms in total. The summed E-state index contributed by atoms with van der Waals surface area (Å²) in [5, 5.41) is 7.70. The van der Waals surface area contributed by atoms with Crippen LogP contribution in [0.1, 0.15) is 40.5 Å². The predicted molar refractivity (Wildman–Crippen MR) is 50.2 cm³/mol. The van der Waals surface area contributed by atoms with Crippen LogP contribution in [0.3, 0.4) is 0 Å². The van der Waals surface area contributed by atoms with Crippen molar-refractivity contribution in [2.45, 2.75) is 46.6 Å². The number of rotatable bonds is 4. The third-order valence-corrected chi connectivity index (χ3v) is 1.80. The van der Waals surface area contributed by atoms with Crippen LogP contribution in [0.2, 0.25) is 0 Å². The monoisotopic (exact) mass is 156 g/mol. The van der Waals surface area contributed by atoms with Crippen molar-refractivity contribution < 1.29 is 0 Å². The van der Waals surface area contributed by atoms with Crippen LogP contribution in [0.4, 0.5) is 0 Å². The second-order valence-corrected chi connectivity index (χ2v) is 3.08. The fraction of sp³-hybridized carbons (Fsp3) is 0.889. The minimum Gasteiger partial charge on any atom is -0.358 e. The maximum absolute atomic E-state index is 7.70. The number of hydrogen-bond acceptors (Lipinski definition) is 1.